The summed E-state index contributed by atoms with van der Waals surface area (Å²) in [6.07, 6.45) is 5.01. The van der Waals surface area contributed by atoms with Gasteiger partial charge in [-0.15, -0.1) is 11.3 Å². The van der Waals surface area contributed by atoms with Crippen LogP contribution in [0.1, 0.15) is 12.0 Å². The number of anilines is 2. The van der Waals surface area contributed by atoms with Crippen molar-refractivity contribution in [1.82, 2.24) is 20.2 Å². The Morgan fingerprint density at radius 3 is 2.73 bits per heavy atom. The van der Waals surface area contributed by atoms with E-state index in [1.165, 1.54) is 26.1 Å². The van der Waals surface area contributed by atoms with E-state index in [1.54, 1.807) is 11.3 Å². The molecule has 33 heavy (non-hydrogen) atoms. The quantitative estimate of drug-likeness (QED) is 0.231. The Bertz CT molecular complexity index is 1350. The van der Waals surface area contributed by atoms with Gasteiger partial charge in [-0.3, -0.25) is 4.98 Å². The molecule has 0 radical (unpaired) electrons. The number of rotatable bonds is 9. The van der Waals surface area contributed by atoms with Crippen LogP contribution in [0.4, 0.5) is 11.4 Å². The van der Waals surface area contributed by atoms with Crippen molar-refractivity contribution in [3.63, 3.8) is 0 Å². The lowest BCUT2D eigenvalue weighted by Gasteiger charge is -2.10. The van der Waals surface area contributed by atoms with Crippen molar-refractivity contribution in [2.75, 3.05) is 32.5 Å². The predicted molar refractivity (Wildman–Crippen MR) is 142 cm³/mol. The third kappa shape index (κ3) is 5.09. The van der Waals surface area contributed by atoms with Crippen LogP contribution in [0, 0.1) is 0 Å². The standard InChI is InChI=1S/C27H29N5S/c1-32(2)15-3-12-28-18-19-4-6-20(7-5-19)26-17-25-27(33-26)24(11-14-30-25)31-22-8-9-23-21(16-22)10-13-29-23/h4-11,13-14,16-17,28-29H,3,12,15,18H2,1-2H3,(H,30,31). The van der Waals surface area contributed by atoms with Crippen LogP contribution < -0.4 is 10.6 Å². The van der Waals surface area contributed by atoms with Gasteiger partial charge in [0.15, 0.2) is 0 Å². The number of aromatic amines is 1. The van der Waals surface area contributed by atoms with Crippen molar-refractivity contribution in [3.8, 4) is 10.4 Å². The molecular formula is C27H29N5S. The van der Waals surface area contributed by atoms with Crippen molar-refractivity contribution >= 4 is 43.8 Å². The fraction of sp³-hybridized carbons (Fsp3) is 0.222. The first-order chi connectivity index (χ1) is 16.2. The number of benzene rings is 2. The van der Waals surface area contributed by atoms with E-state index in [0.717, 1.165) is 48.5 Å². The molecule has 0 aliphatic rings. The van der Waals surface area contributed by atoms with Gasteiger partial charge in [-0.05, 0) is 81.1 Å². The molecule has 0 saturated heterocycles. The molecule has 0 fully saturated rings. The number of pyridine rings is 1. The van der Waals surface area contributed by atoms with E-state index in [4.69, 9.17) is 0 Å². The van der Waals surface area contributed by atoms with Crippen LogP contribution >= 0.6 is 11.3 Å². The maximum absolute atomic E-state index is 4.61. The summed E-state index contributed by atoms with van der Waals surface area (Å²) >= 11 is 1.78. The number of aromatic nitrogens is 2. The van der Waals surface area contributed by atoms with E-state index in [1.807, 2.05) is 12.4 Å². The van der Waals surface area contributed by atoms with Gasteiger partial charge in [0.05, 0.1) is 15.9 Å². The summed E-state index contributed by atoms with van der Waals surface area (Å²) in [7, 11) is 4.23. The zero-order chi connectivity index (χ0) is 22.6. The number of thiophene rings is 1. The average molecular weight is 456 g/mol. The number of fused-ring (bicyclic) bond motifs is 2. The van der Waals surface area contributed by atoms with E-state index in [0.29, 0.717) is 0 Å². The smallest absolute Gasteiger partial charge is 0.0837 e. The van der Waals surface area contributed by atoms with Crippen LogP contribution in [0.5, 0.6) is 0 Å². The predicted octanol–water partition coefficient (Wildman–Crippen LogP) is 6.23. The minimum Gasteiger partial charge on any atom is -0.361 e. The van der Waals surface area contributed by atoms with Crippen molar-refractivity contribution in [2.24, 2.45) is 0 Å². The average Bonchev–Trinajstić information content (AvgIpc) is 3.46. The van der Waals surface area contributed by atoms with Gasteiger partial charge in [0.25, 0.3) is 0 Å². The summed E-state index contributed by atoms with van der Waals surface area (Å²) in [6.45, 7) is 3.05. The molecule has 3 aromatic heterocycles. The van der Waals surface area contributed by atoms with Gasteiger partial charge in [0.2, 0.25) is 0 Å². The lowest BCUT2D eigenvalue weighted by Crippen LogP contribution is -2.20. The van der Waals surface area contributed by atoms with Crippen LogP contribution in [0.2, 0.25) is 0 Å². The molecule has 5 nitrogen and oxygen atoms in total. The van der Waals surface area contributed by atoms with E-state index in [-0.39, 0.29) is 0 Å². The maximum Gasteiger partial charge on any atom is 0.0837 e. The number of hydrogen-bond donors (Lipinski definition) is 3. The van der Waals surface area contributed by atoms with Gasteiger partial charge < -0.3 is 20.5 Å². The highest BCUT2D eigenvalue weighted by Crippen LogP contribution is 2.37. The summed E-state index contributed by atoms with van der Waals surface area (Å²) in [4.78, 5) is 11.3. The van der Waals surface area contributed by atoms with Crippen molar-refractivity contribution in [3.05, 3.63) is 78.6 Å². The lowest BCUT2D eigenvalue weighted by atomic mass is 10.1. The normalized spacial score (nSPS) is 11.6. The number of H-pyrrole nitrogens is 1. The minimum absolute atomic E-state index is 0.904. The topological polar surface area (TPSA) is 56.0 Å². The molecule has 0 saturated carbocycles. The van der Waals surface area contributed by atoms with E-state index >= 15 is 0 Å². The molecule has 0 spiro atoms. The molecule has 0 amide bonds. The third-order valence-electron chi connectivity index (χ3n) is 5.77. The van der Waals surface area contributed by atoms with Gasteiger partial charge in [0, 0.05) is 40.4 Å². The first-order valence-electron chi connectivity index (χ1n) is 11.3. The van der Waals surface area contributed by atoms with Gasteiger partial charge in [0.1, 0.15) is 0 Å². The zero-order valence-corrected chi connectivity index (χ0v) is 19.9. The monoisotopic (exact) mass is 455 g/mol. The Labute approximate surface area is 198 Å². The molecule has 3 heterocycles. The number of hydrogen-bond acceptors (Lipinski definition) is 5. The van der Waals surface area contributed by atoms with Gasteiger partial charge in [-0.25, -0.2) is 0 Å². The van der Waals surface area contributed by atoms with E-state index in [9.17, 15) is 0 Å². The summed E-state index contributed by atoms with van der Waals surface area (Å²) in [6, 6.07) is 21.6. The highest BCUT2D eigenvalue weighted by Gasteiger charge is 2.10. The third-order valence-corrected chi connectivity index (χ3v) is 6.98. The molecule has 5 rings (SSSR count). The molecule has 0 aliphatic heterocycles. The fourth-order valence-corrected chi connectivity index (χ4v) is 5.09. The van der Waals surface area contributed by atoms with Gasteiger partial charge in [-0.1, -0.05) is 24.3 Å². The maximum atomic E-state index is 4.61. The first-order valence-corrected chi connectivity index (χ1v) is 12.1. The Balaban J connectivity index is 1.30. The van der Waals surface area contributed by atoms with Crippen molar-refractivity contribution < 1.29 is 0 Å². The molecule has 0 atom stereocenters. The molecule has 2 aromatic carbocycles. The Morgan fingerprint density at radius 1 is 1.00 bits per heavy atom. The van der Waals surface area contributed by atoms with Crippen LogP contribution in [-0.2, 0) is 6.54 Å². The zero-order valence-electron chi connectivity index (χ0n) is 19.1. The van der Waals surface area contributed by atoms with E-state index in [2.05, 4.69) is 100 Å². The molecule has 0 unspecified atom stereocenters. The molecule has 0 aliphatic carbocycles. The van der Waals surface area contributed by atoms with Crippen LogP contribution in [0.25, 0.3) is 31.6 Å². The minimum atomic E-state index is 0.904. The van der Waals surface area contributed by atoms with Crippen LogP contribution in [0.15, 0.2) is 73.1 Å². The molecule has 3 N–H and O–H groups in total. The second kappa shape index (κ2) is 9.75. The number of nitrogens with zero attached hydrogens (tertiary/aromatic N) is 2. The summed E-state index contributed by atoms with van der Waals surface area (Å²) < 4.78 is 1.17. The molecule has 6 heteroatoms. The van der Waals surface area contributed by atoms with Crippen molar-refractivity contribution in [1.29, 1.82) is 0 Å². The fourth-order valence-electron chi connectivity index (χ4n) is 4.01. The second-order valence-electron chi connectivity index (χ2n) is 8.62. The highest BCUT2D eigenvalue weighted by atomic mass is 32.1. The van der Waals surface area contributed by atoms with E-state index < -0.39 is 0 Å². The Kier molecular flexibility index (Phi) is 6.39. The lowest BCUT2D eigenvalue weighted by molar-refractivity contribution is 0.394. The molecule has 168 valence electrons. The van der Waals surface area contributed by atoms with Crippen LogP contribution in [0.3, 0.4) is 0 Å². The SMILES string of the molecule is CN(C)CCCNCc1ccc(-c2cc3nccc(Nc4ccc5[nH]ccc5c4)c3s2)cc1. The van der Waals surface area contributed by atoms with Gasteiger partial charge >= 0.3 is 0 Å². The second-order valence-corrected chi connectivity index (χ2v) is 9.67. The molecular weight excluding hydrogens is 426 g/mol. The first kappa shape index (κ1) is 21.6. The Morgan fingerprint density at radius 2 is 1.88 bits per heavy atom. The summed E-state index contributed by atoms with van der Waals surface area (Å²) in [5.74, 6) is 0. The summed E-state index contributed by atoms with van der Waals surface area (Å²) in [5.41, 5.74) is 6.87. The van der Waals surface area contributed by atoms with Gasteiger partial charge in [-0.2, -0.15) is 0 Å². The summed E-state index contributed by atoms with van der Waals surface area (Å²) in [5, 5.41) is 8.32. The highest BCUT2D eigenvalue weighted by molar-refractivity contribution is 7.22. The number of nitrogens with one attached hydrogen (secondary N) is 3. The molecule has 0 bridgehead atoms. The molecule has 5 aromatic rings. The Hall–Kier alpha value is -3.19. The van der Waals surface area contributed by atoms with Crippen molar-refractivity contribution in [2.45, 2.75) is 13.0 Å². The largest absolute Gasteiger partial charge is 0.361 e. The van der Waals surface area contributed by atoms with Crippen LogP contribution in [-0.4, -0.2) is 42.1 Å².